The number of hydrogen-bond donors (Lipinski definition) is 1. The molecule has 0 unspecified atom stereocenters. The van der Waals surface area contributed by atoms with Crippen molar-refractivity contribution in [2.24, 2.45) is 4.99 Å². The fourth-order valence-electron chi connectivity index (χ4n) is 2.73. The molecule has 0 aliphatic carbocycles. The Morgan fingerprint density at radius 2 is 2.08 bits per heavy atom. The molecular formula is C17H18N4O3. The van der Waals surface area contributed by atoms with Gasteiger partial charge < -0.3 is 10.0 Å². The van der Waals surface area contributed by atoms with Crippen molar-refractivity contribution < 1.29 is 14.7 Å². The Kier molecular flexibility index (Phi) is 3.92. The number of Topliss-reactive ketones (excluding diaryl/α,β-unsaturated/α-hetero) is 1. The largest absolute Gasteiger partial charge is 0.480 e. The molecule has 7 heteroatoms. The standard InChI is InChI=1S/C17H18N4O3/c1-10(22)17-14-6-12(13-7-18-11(2)20(3)8-13)4-5-15(14)21(19-17)9-16(23)24/h4-7H,8-9H2,1-3H3,(H,23,24). The molecule has 1 aromatic carbocycles. The summed E-state index contributed by atoms with van der Waals surface area (Å²) in [6.45, 7) is 3.82. The van der Waals surface area contributed by atoms with Gasteiger partial charge in [0.1, 0.15) is 18.1 Å². The number of nitrogens with zero attached hydrogens (tertiary/aromatic N) is 4. The van der Waals surface area contributed by atoms with Crippen LogP contribution < -0.4 is 0 Å². The fraction of sp³-hybridized carbons (Fsp3) is 0.294. The molecule has 124 valence electrons. The summed E-state index contributed by atoms with van der Waals surface area (Å²) >= 11 is 0. The van der Waals surface area contributed by atoms with E-state index in [1.165, 1.54) is 11.6 Å². The lowest BCUT2D eigenvalue weighted by Gasteiger charge is -2.23. The van der Waals surface area contributed by atoms with Crippen molar-refractivity contribution in [1.82, 2.24) is 14.7 Å². The molecule has 0 saturated carbocycles. The topological polar surface area (TPSA) is 87.8 Å². The highest BCUT2D eigenvalue weighted by Gasteiger charge is 2.18. The molecule has 0 amide bonds. The molecule has 1 N–H and O–H groups in total. The number of carbonyl (C=O) groups excluding carboxylic acids is 1. The third kappa shape index (κ3) is 2.80. The average molecular weight is 326 g/mol. The van der Waals surface area contributed by atoms with Gasteiger partial charge in [0.2, 0.25) is 0 Å². The summed E-state index contributed by atoms with van der Waals surface area (Å²) in [4.78, 5) is 29.3. The lowest BCUT2D eigenvalue weighted by molar-refractivity contribution is -0.137. The first kappa shape index (κ1) is 15.9. The lowest BCUT2D eigenvalue weighted by atomic mass is 10.0. The second-order valence-corrected chi connectivity index (χ2v) is 5.87. The molecule has 1 aliphatic heterocycles. The predicted molar refractivity (Wildman–Crippen MR) is 91.1 cm³/mol. The Labute approximate surface area is 138 Å². The van der Waals surface area contributed by atoms with Crippen LogP contribution in [-0.2, 0) is 11.3 Å². The van der Waals surface area contributed by atoms with Crippen molar-refractivity contribution in [3.8, 4) is 0 Å². The number of carboxylic acid groups (broad SMARTS) is 1. The molecule has 24 heavy (non-hydrogen) atoms. The van der Waals surface area contributed by atoms with Gasteiger partial charge in [-0.1, -0.05) is 6.07 Å². The van der Waals surface area contributed by atoms with Gasteiger partial charge in [0, 0.05) is 32.1 Å². The molecule has 7 nitrogen and oxygen atoms in total. The van der Waals surface area contributed by atoms with Gasteiger partial charge in [0.15, 0.2) is 5.78 Å². The molecule has 0 saturated heterocycles. The summed E-state index contributed by atoms with van der Waals surface area (Å²) in [5, 5.41) is 13.8. The van der Waals surface area contributed by atoms with E-state index in [4.69, 9.17) is 5.11 Å². The van der Waals surface area contributed by atoms with Crippen LogP contribution in [0.3, 0.4) is 0 Å². The van der Waals surface area contributed by atoms with Crippen molar-refractivity contribution in [1.29, 1.82) is 0 Å². The quantitative estimate of drug-likeness (QED) is 0.869. The summed E-state index contributed by atoms with van der Waals surface area (Å²) in [5.41, 5.74) is 2.90. The second kappa shape index (κ2) is 5.92. The number of carbonyl (C=O) groups is 2. The number of likely N-dealkylation sites (N-methyl/N-ethyl adjacent to an activating group) is 1. The lowest BCUT2D eigenvalue weighted by Crippen LogP contribution is -2.28. The number of fused-ring (bicyclic) bond motifs is 1. The third-order valence-electron chi connectivity index (χ3n) is 4.11. The summed E-state index contributed by atoms with van der Waals surface area (Å²) in [7, 11) is 1.97. The molecule has 2 aromatic rings. The molecule has 0 spiro atoms. The van der Waals surface area contributed by atoms with Crippen LogP contribution in [0.4, 0.5) is 0 Å². The molecular weight excluding hydrogens is 308 g/mol. The number of aromatic nitrogens is 2. The van der Waals surface area contributed by atoms with Gasteiger partial charge in [0.25, 0.3) is 0 Å². The molecule has 0 radical (unpaired) electrons. The molecule has 0 fully saturated rings. The Hall–Kier alpha value is -2.96. The first-order valence-electron chi connectivity index (χ1n) is 7.55. The van der Waals surface area contributed by atoms with E-state index in [0.29, 0.717) is 10.9 Å². The van der Waals surface area contributed by atoms with Crippen LogP contribution in [0.25, 0.3) is 16.5 Å². The predicted octanol–water partition coefficient (Wildman–Crippen LogP) is 2.03. The molecule has 0 bridgehead atoms. The maximum Gasteiger partial charge on any atom is 0.325 e. The van der Waals surface area contributed by atoms with E-state index in [1.54, 1.807) is 6.07 Å². The Morgan fingerprint density at radius 1 is 1.33 bits per heavy atom. The normalized spacial score (nSPS) is 14.5. The number of benzene rings is 1. The number of amidine groups is 1. The van der Waals surface area contributed by atoms with Gasteiger partial charge in [-0.3, -0.25) is 14.3 Å². The van der Waals surface area contributed by atoms with E-state index >= 15 is 0 Å². The molecule has 1 aromatic heterocycles. The van der Waals surface area contributed by atoms with Crippen LogP contribution in [0.2, 0.25) is 0 Å². The highest BCUT2D eigenvalue weighted by Crippen LogP contribution is 2.26. The van der Waals surface area contributed by atoms with Gasteiger partial charge in [0.05, 0.1) is 5.52 Å². The van der Waals surface area contributed by atoms with E-state index in [0.717, 1.165) is 23.5 Å². The summed E-state index contributed by atoms with van der Waals surface area (Å²) in [6, 6.07) is 5.59. The number of ketones is 1. The van der Waals surface area contributed by atoms with Crippen molar-refractivity contribution in [3.05, 3.63) is 35.7 Å². The molecule has 0 atom stereocenters. The van der Waals surface area contributed by atoms with Crippen LogP contribution in [0.5, 0.6) is 0 Å². The van der Waals surface area contributed by atoms with E-state index < -0.39 is 5.97 Å². The van der Waals surface area contributed by atoms with Crippen LogP contribution in [0.1, 0.15) is 29.9 Å². The van der Waals surface area contributed by atoms with Crippen LogP contribution in [0, 0.1) is 0 Å². The third-order valence-corrected chi connectivity index (χ3v) is 4.11. The fourth-order valence-corrected chi connectivity index (χ4v) is 2.73. The van der Waals surface area contributed by atoms with Crippen LogP contribution in [-0.4, -0.2) is 51.0 Å². The zero-order chi connectivity index (χ0) is 17.4. The van der Waals surface area contributed by atoms with Crippen molar-refractivity contribution in [3.63, 3.8) is 0 Å². The summed E-state index contributed by atoms with van der Waals surface area (Å²) < 4.78 is 1.35. The number of hydrogen-bond acceptors (Lipinski definition) is 5. The minimum Gasteiger partial charge on any atom is -0.480 e. The Bertz CT molecular complexity index is 908. The molecule has 2 heterocycles. The minimum atomic E-state index is -1.000. The second-order valence-electron chi connectivity index (χ2n) is 5.87. The first-order chi connectivity index (χ1) is 11.4. The molecule has 1 aliphatic rings. The van der Waals surface area contributed by atoms with Crippen molar-refractivity contribution in [2.45, 2.75) is 20.4 Å². The number of aliphatic imine (C=N–C) groups is 1. The smallest absolute Gasteiger partial charge is 0.325 e. The van der Waals surface area contributed by atoms with Crippen LogP contribution in [0.15, 0.2) is 29.4 Å². The first-order valence-corrected chi connectivity index (χ1v) is 7.55. The number of aliphatic carboxylic acids is 1. The zero-order valence-electron chi connectivity index (χ0n) is 13.8. The van der Waals surface area contributed by atoms with E-state index in [9.17, 15) is 9.59 Å². The number of carboxylic acids is 1. The zero-order valence-corrected chi connectivity index (χ0v) is 13.8. The van der Waals surface area contributed by atoms with E-state index in [1.807, 2.05) is 37.2 Å². The Morgan fingerprint density at radius 3 is 2.71 bits per heavy atom. The highest BCUT2D eigenvalue weighted by molar-refractivity contribution is 6.05. The maximum absolute atomic E-state index is 11.9. The van der Waals surface area contributed by atoms with Gasteiger partial charge in [-0.15, -0.1) is 0 Å². The van der Waals surface area contributed by atoms with Gasteiger partial charge in [-0.2, -0.15) is 5.10 Å². The van der Waals surface area contributed by atoms with Crippen molar-refractivity contribution >= 4 is 34.1 Å². The number of rotatable bonds is 4. The minimum absolute atomic E-state index is 0.190. The highest BCUT2D eigenvalue weighted by atomic mass is 16.4. The van der Waals surface area contributed by atoms with Gasteiger partial charge in [-0.25, -0.2) is 4.99 Å². The average Bonchev–Trinajstić information content (AvgIpc) is 2.87. The monoisotopic (exact) mass is 326 g/mol. The maximum atomic E-state index is 11.9. The van der Waals surface area contributed by atoms with Crippen LogP contribution >= 0.6 is 0 Å². The Balaban J connectivity index is 2.12. The van der Waals surface area contributed by atoms with Gasteiger partial charge in [-0.05, 0) is 30.2 Å². The van der Waals surface area contributed by atoms with Gasteiger partial charge >= 0.3 is 5.97 Å². The van der Waals surface area contributed by atoms with Crippen molar-refractivity contribution in [2.75, 3.05) is 13.6 Å². The van der Waals surface area contributed by atoms with E-state index in [2.05, 4.69) is 10.1 Å². The van der Waals surface area contributed by atoms with E-state index in [-0.39, 0.29) is 18.0 Å². The summed E-state index contributed by atoms with van der Waals surface area (Å²) in [6.07, 6.45) is 1.83. The SMILES string of the molecule is CC(=O)c1nn(CC(=O)O)c2ccc(C3=CN=C(C)N(C)C3)cc12. The summed E-state index contributed by atoms with van der Waals surface area (Å²) in [5.74, 6) is -0.247. The molecule has 3 rings (SSSR count).